The van der Waals surface area contributed by atoms with Gasteiger partial charge in [0, 0.05) is 12.1 Å². The van der Waals surface area contributed by atoms with E-state index in [-0.39, 0.29) is 73.3 Å². The second-order valence-corrected chi connectivity index (χ2v) is 31.8. The molecule has 0 aliphatic carbocycles. The number of carbonyl (C=O) groups excluding carboxylic acids is 2. The Balaban J connectivity index is 0.000000478. The molecule has 5 rings (SSSR count). The average molecular weight is 1250 g/mol. The summed E-state index contributed by atoms with van der Waals surface area (Å²) in [5.41, 5.74) is -3.20. The molecule has 5 aromatic rings. The number of carbonyl (C=O) groups is 2. The first kappa shape index (κ1) is 69.2. The quantitative estimate of drug-likeness (QED) is 0.0337. The topological polar surface area (TPSA) is 84.9 Å². The zero-order chi connectivity index (χ0) is 60.0. The van der Waals surface area contributed by atoms with Gasteiger partial charge in [-0.25, -0.2) is 0 Å². The van der Waals surface area contributed by atoms with Gasteiger partial charge in [0.25, 0.3) is 0 Å². The summed E-state index contributed by atoms with van der Waals surface area (Å²) in [5, 5.41) is 0. The van der Waals surface area contributed by atoms with E-state index in [9.17, 15) is 88.6 Å². The zero-order valence-corrected chi connectivity index (χ0v) is 45.0. The standard InChI is InChI=1S/C29H22F12N2.C13H15O2.C8H5F6N.4ClH.Ti/c1-3-24(42-22-12-18(26(30,31)32)10-19(13-22)27(33,34)35)25(9-8-17-6-4-16(2)5-7-17)43-23-14-20(28(36,37)38)11-21(15-23)29(39,40)41;1-3-12(14)13(15)9-8-11-6-4-10(2)5-7-11;9-7(10,11)4-1-5(8(12,13)14)3-6(15)2-4;;;;;/h4-7,10-15H,3,8-9H2,1-2H3;4-7H,1,3,8-9H2,2H3;1-3H,15H2;4*1H;/q;+1;;;;;;+4/p-4. The van der Waals surface area contributed by atoms with Crippen LogP contribution in [-0.2, 0) is 71.8 Å². The molecule has 0 radical (unpaired) electrons. The van der Waals surface area contributed by atoms with Crippen LogP contribution in [-0.4, -0.2) is 23.0 Å². The number of alkyl halides is 18. The van der Waals surface area contributed by atoms with Crippen molar-refractivity contribution >= 4 is 77.3 Å². The van der Waals surface area contributed by atoms with E-state index in [0.717, 1.165) is 11.1 Å². The predicted octanol–water partition coefficient (Wildman–Crippen LogP) is 19.3. The van der Waals surface area contributed by atoms with Gasteiger partial charge in [0.05, 0.1) is 63.1 Å². The zero-order valence-electron chi connectivity index (χ0n) is 40.4. The molecule has 28 heteroatoms. The van der Waals surface area contributed by atoms with Crippen LogP contribution in [0.2, 0.25) is 0 Å². The number of aryl methyl sites for hydroxylation is 4. The first-order valence-electron chi connectivity index (χ1n) is 21.9. The Hall–Kier alpha value is -4.94. The molecule has 0 amide bonds. The molecule has 0 heterocycles. The molecule has 0 aliphatic heterocycles. The fraction of sp³-hybridized carbons (Fsp3) is 0.300. The average Bonchev–Trinajstić information content (AvgIpc) is 3.30. The van der Waals surface area contributed by atoms with Gasteiger partial charge in [-0.2, -0.15) is 79.0 Å². The van der Waals surface area contributed by atoms with Crippen molar-refractivity contribution in [2.24, 2.45) is 9.98 Å². The minimum absolute atomic E-state index is 0.0242. The number of halogens is 22. The molecule has 0 aromatic heterocycles. The van der Waals surface area contributed by atoms with Crippen LogP contribution >= 0.6 is 37.2 Å². The van der Waals surface area contributed by atoms with Crippen molar-refractivity contribution in [1.82, 2.24) is 0 Å². The number of aliphatic imine (C=N–C) groups is 2. The van der Waals surface area contributed by atoms with Crippen molar-refractivity contribution in [1.29, 1.82) is 0 Å². The molecule has 2 N–H and O–H groups in total. The number of rotatable bonds is 12. The van der Waals surface area contributed by atoms with Crippen LogP contribution in [0.1, 0.15) is 88.2 Å². The summed E-state index contributed by atoms with van der Waals surface area (Å²) in [4.78, 5) is 30.1. The Morgan fingerprint density at radius 1 is 0.462 bits per heavy atom. The minimum atomic E-state index is -5.18. The number of nitrogen functional groups attached to an aromatic ring is 1. The summed E-state index contributed by atoms with van der Waals surface area (Å²) in [6.45, 7) is 8.63. The van der Waals surface area contributed by atoms with Gasteiger partial charge >= 0.3 is 86.6 Å². The second kappa shape index (κ2) is 28.5. The number of nitrogens with two attached hydrogens (primary N) is 1. The Bertz CT molecular complexity index is 2750. The fourth-order valence-electron chi connectivity index (χ4n) is 6.22. The third-order valence-corrected chi connectivity index (χ3v) is 10.0. The third-order valence-electron chi connectivity index (χ3n) is 10.0. The van der Waals surface area contributed by atoms with Crippen molar-refractivity contribution in [3.05, 3.63) is 166 Å². The monoisotopic (exact) mass is 1250 g/mol. The van der Waals surface area contributed by atoms with Gasteiger partial charge in [0.1, 0.15) is 0 Å². The fourth-order valence-corrected chi connectivity index (χ4v) is 6.22. The number of nitrogens with zero attached hydrogens (tertiary/aromatic N) is 2. The summed E-state index contributed by atoms with van der Waals surface area (Å²) >= 11 is -3.11. The Morgan fingerprint density at radius 3 is 1.00 bits per heavy atom. The van der Waals surface area contributed by atoms with Crippen molar-refractivity contribution < 1.29 is 101 Å². The number of Topliss-reactive ketones (excluding diaryl/α,β-unsaturated/α-hetero) is 2. The normalized spacial score (nSPS) is 12.8. The van der Waals surface area contributed by atoms with Crippen molar-refractivity contribution in [2.45, 2.75) is 96.4 Å². The molecule has 0 aliphatic rings. The van der Waals surface area contributed by atoms with Gasteiger partial charge in [0.15, 0.2) is 6.42 Å². The Morgan fingerprint density at radius 2 is 0.731 bits per heavy atom. The van der Waals surface area contributed by atoms with Gasteiger partial charge in [-0.05, 0) is 105 Å². The van der Waals surface area contributed by atoms with Crippen LogP contribution < -0.4 is 5.73 Å². The summed E-state index contributed by atoms with van der Waals surface area (Å²) in [6.07, 6.45) is -29.6. The maximum absolute atomic E-state index is 13.4. The van der Waals surface area contributed by atoms with Gasteiger partial charge in [-0.1, -0.05) is 66.6 Å². The second-order valence-electron chi connectivity index (χ2n) is 16.3. The van der Waals surface area contributed by atoms with E-state index in [4.69, 9.17) is 43.0 Å². The van der Waals surface area contributed by atoms with Gasteiger partial charge in [0.2, 0.25) is 11.6 Å². The van der Waals surface area contributed by atoms with Gasteiger partial charge in [-0.3, -0.25) is 19.6 Å². The summed E-state index contributed by atoms with van der Waals surface area (Å²) in [6, 6.07) is 17.0. The predicted molar refractivity (Wildman–Crippen MR) is 261 cm³/mol. The Labute approximate surface area is 453 Å². The van der Waals surface area contributed by atoms with Crippen molar-refractivity contribution in [2.75, 3.05) is 5.73 Å². The molecule has 0 saturated heterocycles. The van der Waals surface area contributed by atoms with E-state index in [2.05, 4.69) is 16.9 Å². The van der Waals surface area contributed by atoms with Crippen LogP contribution in [0.15, 0.2) is 113 Å². The number of ketones is 2. The van der Waals surface area contributed by atoms with Crippen molar-refractivity contribution in [3.8, 4) is 0 Å². The number of hydrogen-bond acceptors (Lipinski definition) is 5. The number of benzene rings is 5. The molecule has 0 spiro atoms. The molecular formula is C50H42Cl4F18N3O2Ti+. The van der Waals surface area contributed by atoms with E-state index in [1.165, 1.54) is 12.5 Å². The van der Waals surface area contributed by atoms with E-state index < -0.39 is 99.8 Å². The number of hydrogen-bond donors (Lipinski definition) is 1. The molecule has 0 bridgehead atoms. The molecule has 5 nitrogen and oxygen atoms in total. The molecule has 0 fully saturated rings. The number of anilines is 1. The first-order valence-corrected chi connectivity index (χ1v) is 30.5. The van der Waals surface area contributed by atoms with E-state index in [0.29, 0.717) is 48.4 Å². The summed E-state index contributed by atoms with van der Waals surface area (Å²) in [5.74, 6) is -0.687. The van der Waals surface area contributed by atoms with Gasteiger partial charge in [-0.15, -0.1) is 0 Å². The molecule has 0 atom stereocenters. The third kappa shape index (κ3) is 25.5. The maximum atomic E-state index is 13.4. The Kier molecular flexibility index (Phi) is 25.2. The summed E-state index contributed by atoms with van der Waals surface area (Å²) in [7, 11) is 20.1. The van der Waals surface area contributed by atoms with Gasteiger partial charge < -0.3 is 5.73 Å². The van der Waals surface area contributed by atoms with E-state index >= 15 is 0 Å². The van der Waals surface area contributed by atoms with Crippen LogP contribution in [0.5, 0.6) is 0 Å². The SMILES string of the molecule is CCC(=Nc1cc(C(F)(F)F)cc(C(F)(F)F)c1)C(CCc1ccc(C)cc1)=Nc1cc(C(F)(F)F)cc(C(F)(F)F)c1.Nc1cc(C(F)(F)F)cc(C(F)(F)F)c1.[CH2+]CC(=O)C(=O)CCc1ccc(C)cc1.[Cl][Ti]([Cl])([Cl])[Cl]. The van der Waals surface area contributed by atoms with Crippen LogP contribution in [0.3, 0.4) is 0 Å². The van der Waals surface area contributed by atoms with E-state index in [1.807, 2.05) is 31.2 Å². The van der Waals surface area contributed by atoms with Crippen molar-refractivity contribution in [3.63, 3.8) is 0 Å². The van der Waals surface area contributed by atoms with E-state index in [1.54, 1.807) is 31.2 Å². The molecule has 5 aromatic carbocycles. The molecular weight excluding hydrogens is 1210 g/mol. The molecule has 0 saturated carbocycles. The first-order chi connectivity index (χ1) is 35.4. The molecule has 426 valence electrons. The van der Waals surface area contributed by atoms with Crippen LogP contribution in [0.25, 0.3) is 0 Å². The molecule has 0 unspecified atom stereocenters. The van der Waals surface area contributed by atoms with Crippen LogP contribution in [0, 0.1) is 20.8 Å². The molecule has 78 heavy (non-hydrogen) atoms. The summed E-state index contributed by atoms with van der Waals surface area (Å²) < 4.78 is 234. The van der Waals surface area contributed by atoms with Crippen LogP contribution in [0.4, 0.5) is 96.1 Å².